The highest BCUT2D eigenvalue weighted by atomic mass is 16.5. The quantitative estimate of drug-likeness (QED) is 0.768. The number of aromatic nitrogens is 4. The second-order valence-corrected chi connectivity index (χ2v) is 4.74. The Bertz CT molecular complexity index is 548. The Morgan fingerprint density at radius 3 is 3.21 bits per heavy atom. The molecule has 0 bridgehead atoms. The average molecular weight is 262 g/mol. The minimum atomic E-state index is 0.545. The summed E-state index contributed by atoms with van der Waals surface area (Å²) in [4.78, 5) is 8.75. The van der Waals surface area contributed by atoms with Gasteiger partial charge in [-0.05, 0) is 18.8 Å². The summed E-state index contributed by atoms with van der Waals surface area (Å²) in [6, 6.07) is 0. The molecule has 1 saturated heterocycles. The number of nitrogens with one attached hydrogen (secondary N) is 3. The average Bonchev–Trinajstić information content (AvgIpc) is 2.94. The van der Waals surface area contributed by atoms with E-state index in [0.29, 0.717) is 11.9 Å². The van der Waals surface area contributed by atoms with Gasteiger partial charge in [-0.2, -0.15) is 15.1 Å². The van der Waals surface area contributed by atoms with Gasteiger partial charge in [0.2, 0.25) is 5.95 Å². The molecule has 0 aliphatic carbocycles. The first kappa shape index (κ1) is 12.2. The van der Waals surface area contributed by atoms with E-state index in [4.69, 9.17) is 4.74 Å². The third-order valence-corrected chi connectivity index (χ3v) is 3.35. The van der Waals surface area contributed by atoms with Crippen LogP contribution in [0.2, 0.25) is 0 Å². The predicted octanol–water partition coefficient (Wildman–Crippen LogP) is 1.23. The molecule has 1 unspecified atom stereocenters. The molecule has 2 aromatic rings. The van der Waals surface area contributed by atoms with Crippen molar-refractivity contribution < 1.29 is 4.74 Å². The first-order valence-electron chi connectivity index (χ1n) is 6.57. The third-order valence-electron chi connectivity index (χ3n) is 3.35. The highest BCUT2D eigenvalue weighted by Crippen LogP contribution is 2.21. The van der Waals surface area contributed by atoms with E-state index >= 15 is 0 Å². The molecule has 2 aromatic heterocycles. The van der Waals surface area contributed by atoms with Gasteiger partial charge < -0.3 is 15.4 Å². The van der Waals surface area contributed by atoms with Crippen LogP contribution in [0, 0.1) is 5.92 Å². The van der Waals surface area contributed by atoms with Crippen LogP contribution in [-0.4, -0.2) is 47.0 Å². The van der Waals surface area contributed by atoms with Gasteiger partial charge in [0, 0.05) is 20.2 Å². The Morgan fingerprint density at radius 1 is 1.47 bits per heavy atom. The first-order chi connectivity index (χ1) is 9.36. The van der Waals surface area contributed by atoms with Crippen molar-refractivity contribution in [3.05, 3.63) is 6.20 Å². The van der Waals surface area contributed by atoms with Gasteiger partial charge in [-0.3, -0.25) is 5.10 Å². The molecule has 1 aliphatic heterocycles. The van der Waals surface area contributed by atoms with Crippen LogP contribution >= 0.6 is 0 Å². The number of aromatic amines is 1. The molecule has 1 atom stereocenters. The number of nitrogens with zero attached hydrogens (tertiary/aromatic N) is 3. The van der Waals surface area contributed by atoms with Crippen LogP contribution in [0.3, 0.4) is 0 Å². The van der Waals surface area contributed by atoms with Crippen LogP contribution in [-0.2, 0) is 4.74 Å². The van der Waals surface area contributed by atoms with Crippen LogP contribution in [0.4, 0.5) is 11.8 Å². The lowest BCUT2D eigenvalue weighted by molar-refractivity contribution is 0.0595. The van der Waals surface area contributed by atoms with E-state index in [2.05, 4.69) is 30.8 Å². The molecule has 102 valence electrons. The second kappa shape index (κ2) is 5.40. The lowest BCUT2D eigenvalue weighted by Crippen LogP contribution is -2.24. The number of H-pyrrole nitrogens is 1. The van der Waals surface area contributed by atoms with Crippen molar-refractivity contribution in [3.8, 4) is 0 Å². The number of fused-ring (bicyclic) bond motifs is 1. The summed E-state index contributed by atoms with van der Waals surface area (Å²) < 4.78 is 5.48. The number of hydrogen-bond donors (Lipinski definition) is 3. The zero-order valence-corrected chi connectivity index (χ0v) is 10.9. The van der Waals surface area contributed by atoms with Crippen molar-refractivity contribution in [1.82, 2.24) is 20.2 Å². The monoisotopic (exact) mass is 262 g/mol. The minimum absolute atomic E-state index is 0.545. The standard InChI is InChI=1S/C12H18N6O/c1-13-12-16-10(9-6-15-18-11(9)17-12)14-5-8-3-2-4-19-7-8/h6,8H,2-5,7H2,1H3,(H3,13,14,15,16,17,18). The van der Waals surface area contributed by atoms with Crippen molar-refractivity contribution in [2.24, 2.45) is 5.92 Å². The van der Waals surface area contributed by atoms with Gasteiger partial charge in [-0.1, -0.05) is 0 Å². The Morgan fingerprint density at radius 2 is 2.42 bits per heavy atom. The molecule has 3 heterocycles. The van der Waals surface area contributed by atoms with Crippen LogP contribution in [0.1, 0.15) is 12.8 Å². The van der Waals surface area contributed by atoms with Crippen LogP contribution in [0.5, 0.6) is 0 Å². The van der Waals surface area contributed by atoms with Gasteiger partial charge in [-0.25, -0.2) is 0 Å². The maximum absolute atomic E-state index is 5.48. The third kappa shape index (κ3) is 2.60. The molecular weight excluding hydrogens is 244 g/mol. The van der Waals surface area contributed by atoms with E-state index in [9.17, 15) is 0 Å². The van der Waals surface area contributed by atoms with E-state index in [1.165, 1.54) is 6.42 Å². The molecular formula is C12H18N6O. The smallest absolute Gasteiger partial charge is 0.226 e. The fourth-order valence-corrected chi connectivity index (χ4v) is 2.29. The lowest BCUT2D eigenvalue weighted by atomic mass is 10.0. The fraction of sp³-hybridized carbons (Fsp3) is 0.583. The zero-order chi connectivity index (χ0) is 13.1. The molecule has 7 heteroatoms. The topological polar surface area (TPSA) is 87.8 Å². The molecule has 0 amide bonds. The molecule has 0 saturated carbocycles. The lowest BCUT2D eigenvalue weighted by Gasteiger charge is -2.22. The molecule has 19 heavy (non-hydrogen) atoms. The molecule has 1 aliphatic rings. The molecule has 0 radical (unpaired) electrons. The van der Waals surface area contributed by atoms with Gasteiger partial charge >= 0.3 is 0 Å². The number of hydrogen-bond acceptors (Lipinski definition) is 6. The highest BCUT2D eigenvalue weighted by molar-refractivity contribution is 5.86. The Kier molecular flexibility index (Phi) is 3.45. The van der Waals surface area contributed by atoms with Gasteiger partial charge in [0.25, 0.3) is 0 Å². The normalized spacial score (nSPS) is 19.5. The van der Waals surface area contributed by atoms with Crippen molar-refractivity contribution >= 4 is 22.8 Å². The zero-order valence-electron chi connectivity index (χ0n) is 10.9. The molecule has 0 spiro atoms. The molecule has 7 nitrogen and oxygen atoms in total. The van der Waals surface area contributed by atoms with Crippen molar-refractivity contribution in [1.29, 1.82) is 0 Å². The molecule has 0 aromatic carbocycles. The van der Waals surface area contributed by atoms with E-state index < -0.39 is 0 Å². The summed E-state index contributed by atoms with van der Waals surface area (Å²) in [6.07, 6.45) is 4.08. The van der Waals surface area contributed by atoms with Gasteiger partial charge in [0.1, 0.15) is 5.82 Å². The molecule has 3 rings (SSSR count). The summed E-state index contributed by atoms with van der Waals surface area (Å²) in [5, 5.41) is 14.1. The van der Waals surface area contributed by atoms with E-state index in [1.54, 1.807) is 13.2 Å². The van der Waals surface area contributed by atoms with Crippen molar-refractivity contribution in [3.63, 3.8) is 0 Å². The number of rotatable bonds is 4. The second-order valence-electron chi connectivity index (χ2n) is 4.74. The highest BCUT2D eigenvalue weighted by Gasteiger charge is 2.15. The molecule has 1 fully saturated rings. The Labute approximate surface area is 111 Å². The molecule has 3 N–H and O–H groups in total. The summed E-state index contributed by atoms with van der Waals surface area (Å²) in [6.45, 7) is 2.58. The Balaban J connectivity index is 1.77. The van der Waals surface area contributed by atoms with Gasteiger partial charge in [0.15, 0.2) is 5.65 Å². The first-order valence-corrected chi connectivity index (χ1v) is 6.57. The maximum atomic E-state index is 5.48. The van der Waals surface area contributed by atoms with E-state index in [1.807, 2.05) is 0 Å². The van der Waals surface area contributed by atoms with Crippen LogP contribution in [0.25, 0.3) is 11.0 Å². The van der Waals surface area contributed by atoms with Gasteiger partial charge in [0.05, 0.1) is 18.2 Å². The Hall–Kier alpha value is -1.89. The van der Waals surface area contributed by atoms with E-state index in [0.717, 1.165) is 43.0 Å². The largest absolute Gasteiger partial charge is 0.381 e. The van der Waals surface area contributed by atoms with Gasteiger partial charge in [-0.15, -0.1) is 0 Å². The minimum Gasteiger partial charge on any atom is -0.381 e. The summed E-state index contributed by atoms with van der Waals surface area (Å²) in [5.74, 6) is 1.94. The summed E-state index contributed by atoms with van der Waals surface area (Å²) in [7, 11) is 1.80. The SMILES string of the molecule is CNc1nc(NCC2CCCOC2)c2cn[nH]c2n1. The predicted molar refractivity (Wildman–Crippen MR) is 73.3 cm³/mol. The fourth-order valence-electron chi connectivity index (χ4n) is 2.29. The number of ether oxygens (including phenoxy) is 1. The van der Waals surface area contributed by atoms with Crippen LogP contribution in [0.15, 0.2) is 6.20 Å². The van der Waals surface area contributed by atoms with E-state index in [-0.39, 0.29) is 0 Å². The number of anilines is 2. The maximum Gasteiger partial charge on any atom is 0.226 e. The summed E-state index contributed by atoms with van der Waals surface area (Å²) >= 11 is 0. The van der Waals surface area contributed by atoms with Crippen molar-refractivity contribution in [2.45, 2.75) is 12.8 Å². The summed E-state index contributed by atoms with van der Waals surface area (Å²) in [5.41, 5.74) is 0.738. The van der Waals surface area contributed by atoms with Crippen LogP contribution < -0.4 is 10.6 Å². The van der Waals surface area contributed by atoms with Crippen molar-refractivity contribution in [2.75, 3.05) is 37.4 Å².